The first-order chi connectivity index (χ1) is 16.8. The van der Waals surface area contributed by atoms with E-state index in [1.54, 1.807) is 7.11 Å². The summed E-state index contributed by atoms with van der Waals surface area (Å²) in [5.41, 5.74) is 9.30. The number of aldehydes is 1. The van der Waals surface area contributed by atoms with E-state index in [0.29, 0.717) is 12.3 Å². The number of rotatable bonds is 6. The number of benzene rings is 3. The average Bonchev–Trinajstić information content (AvgIpc) is 3.09. The summed E-state index contributed by atoms with van der Waals surface area (Å²) in [6.07, 6.45) is 7.21. The summed E-state index contributed by atoms with van der Waals surface area (Å²) in [5, 5.41) is 0. The van der Waals surface area contributed by atoms with Crippen molar-refractivity contribution >= 4 is 23.1 Å². The van der Waals surface area contributed by atoms with Crippen LogP contribution >= 0.6 is 0 Å². The number of allylic oxidation sites excluding steroid dienone is 1. The summed E-state index contributed by atoms with van der Waals surface area (Å²) >= 11 is 0. The second-order valence-corrected chi connectivity index (χ2v) is 9.48. The number of hydrogen-bond acceptors (Lipinski definition) is 3. The standard InChI is InChI=1S/C31H33NO2/c1-34-28-14-15-30-26(22-28)8-5-9-29(24-6-3-2-4-7-24)31(30)25-10-12-27(13-11-25)32-19-16-23(17-20-32)18-21-33/h2-4,6-7,10-15,21-23H,5,8-9,16-20H2,1H3. The zero-order valence-corrected chi connectivity index (χ0v) is 20.0. The topological polar surface area (TPSA) is 29.5 Å². The monoisotopic (exact) mass is 451 g/mol. The van der Waals surface area contributed by atoms with Gasteiger partial charge in [0, 0.05) is 25.2 Å². The van der Waals surface area contributed by atoms with Gasteiger partial charge in [0.2, 0.25) is 0 Å². The van der Waals surface area contributed by atoms with E-state index >= 15 is 0 Å². The van der Waals surface area contributed by atoms with Gasteiger partial charge in [-0.25, -0.2) is 0 Å². The Kier molecular flexibility index (Phi) is 6.80. The molecule has 0 amide bonds. The van der Waals surface area contributed by atoms with Gasteiger partial charge < -0.3 is 14.4 Å². The molecule has 3 aromatic carbocycles. The maximum absolute atomic E-state index is 10.9. The lowest BCUT2D eigenvalue weighted by molar-refractivity contribution is -0.108. The number of carbonyl (C=O) groups is 1. The van der Waals surface area contributed by atoms with Gasteiger partial charge in [-0.2, -0.15) is 0 Å². The summed E-state index contributed by atoms with van der Waals surface area (Å²) in [4.78, 5) is 13.3. The molecule has 2 aliphatic rings. The SMILES string of the molecule is COc1ccc2c(c1)CCCC(c1ccccc1)=C2c1ccc(N2CCC(CC=O)CC2)cc1. The van der Waals surface area contributed by atoms with Crippen molar-refractivity contribution in [3.8, 4) is 5.75 Å². The zero-order chi connectivity index (χ0) is 23.3. The molecule has 0 spiro atoms. The molecule has 1 aliphatic carbocycles. The van der Waals surface area contributed by atoms with Gasteiger partial charge in [-0.05, 0) is 95.7 Å². The molecule has 1 fully saturated rings. The Hall–Kier alpha value is -3.33. The molecule has 174 valence electrons. The number of piperidine rings is 1. The molecule has 3 nitrogen and oxygen atoms in total. The number of anilines is 1. The average molecular weight is 452 g/mol. The van der Waals surface area contributed by atoms with Crippen LogP contribution in [0.25, 0.3) is 11.1 Å². The van der Waals surface area contributed by atoms with Gasteiger partial charge in [0.25, 0.3) is 0 Å². The minimum atomic E-state index is 0.547. The first-order valence-electron chi connectivity index (χ1n) is 12.5. The minimum absolute atomic E-state index is 0.547. The normalized spacial score (nSPS) is 16.7. The van der Waals surface area contributed by atoms with E-state index < -0.39 is 0 Å². The van der Waals surface area contributed by atoms with Crippen molar-refractivity contribution in [1.29, 1.82) is 0 Å². The molecule has 3 aromatic rings. The maximum Gasteiger partial charge on any atom is 0.120 e. The second-order valence-electron chi connectivity index (χ2n) is 9.48. The van der Waals surface area contributed by atoms with Gasteiger partial charge in [0.1, 0.15) is 12.0 Å². The van der Waals surface area contributed by atoms with E-state index in [1.807, 2.05) is 0 Å². The van der Waals surface area contributed by atoms with Crippen LogP contribution in [0.4, 0.5) is 5.69 Å². The molecule has 0 aromatic heterocycles. The molecule has 1 heterocycles. The summed E-state index contributed by atoms with van der Waals surface area (Å²) in [5.74, 6) is 1.47. The van der Waals surface area contributed by atoms with Crippen LogP contribution in [0.3, 0.4) is 0 Å². The van der Waals surface area contributed by atoms with E-state index in [9.17, 15) is 4.79 Å². The molecule has 0 N–H and O–H groups in total. The van der Waals surface area contributed by atoms with Crippen molar-refractivity contribution in [2.45, 2.75) is 38.5 Å². The third kappa shape index (κ3) is 4.65. The molecular weight excluding hydrogens is 418 g/mol. The summed E-state index contributed by atoms with van der Waals surface area (Å²) in [6, 6.07) is 26.5. The molecule has 0 saturated carbocycles. The zero-order valence-electron chi connectivity index (χ0n) is 20.0. The number of methoxy groups -OCH3 is 1. The van der Waals surface area contributed by atoms with E-state index in [4.69, 9.17) is 4.74 Å². The quantitative estimate of drug-likeness (QED) is 0.386. The molecule has 0 atom stereocenters. The fourth-order valence-electron chi connectivity index (χ4n) is 5.55. The van der Waals surface area contributed by atoms with Gasteiger partial charge >= 0.3 is 0 Å². The Morgan fingerprint density at radius 3 is 2.38 bits per heavy atom. The predicted octanol–water partition coefficient (Wildman–Crippen LogP) is 6.80. The van der Waals surface area contributed by atoms with E-state index in [1.165, 1.54) is 39.1 Å². The largest absolute Gasteiger partial charge is 0.497 e. The highest BCUT2D eigenvalue weighted by Crippen LogP contribution is 2.41. The highest BCUT2D eigenvalue weighted by Gasteiger charge is 2.22. The van der Waals surface area contributed by atoms with Gasteiger partial charge in [0.15, 0.2) is 0 Å². The van der Waals surface area contributed by atoms with Gasteiger partial charge in [0.05, 0.1) is 7.11 Å². The van der Waals surface area contributed by atoms with Crippen LogP contribution in [0.2, 0.25) is 0 Å². The first kappa shape index (κ1) is 22.5. The van der Waals surface area contributed by atoms with Crippen molar-refractivity contribution < 1.29 is 9.53 Å². The lowest BCUT2D eigenvalue weighted by atomic mass is 9.87. The second kappa shape index (κ2) is 10.3. The van der Waals surface area contributed by atoms with Crippen LogP contribution in [-0.4, -0.2) is 26.5 Å². The maximum atomic E-state index is 10.9. The molecular formula is C31H33NO2. The third-order valence-electron chi connectivity index (χ3n) is 7.44. The highest BCUT2D eigenvalue weighted by molar-refractivity contribution is 6.00. The third-order valence-corrected chi connectivity index (χ3v) is 7.44. The number of carbonyl (C=O) groups excluding carboxylic acids is 1. The van der Waals surface area contributed by atoms with Crippen LogP contribution in [0.1, 0.15) is 54.4 Å². The van der Waals surface area contributed by atoms with E-state index in [-0.39, 0.29) is 0 Å². The summed E-state index contributed by atoms with van der Waals surface area (Å²) in [7, 11) is 1.74. The van der Waals surface area contributed by atoms with Crippen LogP contribution in [0, 0.1) is 5.92 Å². The van der Waals surface area contributed by atoms with Crippen molar-refractivity contribution in [2.75, 3.05) is 25.1 Å². The molecule has 0 bridgehead atoms. The molecule has 1 aliphatic heterocycles. The fourth-order valence-corrected chi connectivity index (χ4v) is 5.55. The minimum Gasteiger partial charge on any atom is -0.497 e. The number of nitrogens with zero attached hydrogens (tertiary/aromatic N) is 1. The van der Waals surface area contributed by atoms with E-state index in [0.717, 1.165) is 57.2 Å². The lowest BCUT2D eigenvalue weighted by Gasteiger charge is -2.33. The lowest BCUT2D eigenvalue weighted by Crippen LogP contribution is -2.33. The van der Waals surface area contributed by atoms with Crippen molar-refractivity contribution in [1.82, 2.24) is 0 Å². The smallest absolute Gasteiger partial charge is 0.120 e. The van der Waals surface area contributed by atoms with Gasteiger partial charge in [-0.15, -0.1) is 0 Å². The number of fused-ring (bicyclic) bond motifs is 1. The van der Waals surface area contributed by atoms with Crippen LogP contribution in [0.5, 0.6) is 5.75 Å². The number of ether oxygens (including phenoxy) is 1. The Bertz CT molecular complexity index is 1160. The Morgan fingerprint density at radius 2 is 1.68 bits per heavy atom. The van der Waals surface area contributed by atoms with Gasteiger partial charge in [-0.3, -0.25) is 0 Å². The van der Waals surface area contributed by atoms with Crippen molar-refractivity contribution in [3.63, 3.8) is 0 Å². The van der Waals surface area contributed by atoms with Crippen LogP contribution in [-0.2, 0) is 11.2 Å². The summed E-state index contributed by atoms with van der Waals surface area (Å²) in [6.45, 7) is 2.05. The highest BCUT2D eigenvalue weighted by atomic mass is 16.5. The molecule has 3 heteroatoms. The fraction of sp³-hybridized carbons (Fsp3) is 0.323. The first-order valence-corrected chi connectivity index (χ1v) is 12.5. The molecule has 1 saturated heterocycles. The number of aryl methyl sites for hydroxylation is 1. The predicted molar refractivity (Wildman–Crippen MR) is 140 cm³/mol. The molecule has 0 radical (unpaired) electrons. The Labute approximate surface area is 203 Å². The molecule has 5 rings (SSSR count). The Balaban J connectivity index is 1.53. The van der Waals surface area contributed by atoms with Crippen LogP contribution in [0.15, 0.2) is 72.8 Å². The summed E-state index contributed by atoms with van der Waals surface area (Å²) < 4.78 is 5.54. The van der Waals surface area contributed by atoms with E-state index in [2.05, 4.69) is 77.7 Å². The van der Waals surface area contributed by atoms with Crippen molar-refractivity contribution in [3.05, 3.63) is 95.1 Å². The molecule has 34 heavy (non-hydrogen) atoms. The van der Waals surface area contributed by atoms with Crippen molar-refractivity contribution in [2.24, 2.45) is 5.92 Å². The van der Waals surface area contributed by atoms with Crippen LogP contribution < -0.4 is 9.64 Å². The molecule has 0 unspecified atom stereocenters. The Morgan fingerprint density at radius 1 is 0.912 bits per heavy atom. The van der Waals surface area contributed by atoms with Gasteiger partial charge in [-0.1, -0.05) is 48.5 Å². The number of hydrogen-bond donors (Lipinski definition) is 0.